The van der Waals surface area contributed by atoms with E-state index in [1.54, 1.807) is 6.33 Å². The lowest BCUT2D eigenvalue weighted by atomic mass is 10.1. The maximum atomic E-state index is 12.6. The van der Waals surface area contributed by atoms with Gasteiger partial charge in [-0.15, -0.1) is 0 Å². The molecule has 1 fully saturated rings. The standard InChI is InChI=1S/C19H25N5O2/c1-3-26-17-7-5-4-6-16(17)23-19(25)24-10-8-15(9-11-24)22-18-12-14(2)20-13-21-18/h4-7,12-13,15H,3,8-11H2,1-2H3,(H,23,25)(H,20,21,22). The summed E-state index contributed by atoms with van der Waals surface area (Å²) in [6.07, 6.45) is 3.32. The van der Waals surface area contributed by atoms with Gasteiger partial charge < -0.3 is 20.3 Å². The van der Waals surface area contributed by atoms with Crippen LogP contribution < -0.4 is 15.4 Å². The minimum Gasteiger partial charge on any atom is -0.492 e. The van der Waals surface area contributed by atoms with Crippen molar-refractivity contribution in [3.63, 3.8) is 0 Å². The number of anilines is 2. The molecule has 3 rings (SSSR count). The molecule has 0 saturated carbocycles. The molecule has 7 nitrogen and oxygen atoms in total. The Kier molecular flexibility index (Phi) is 5.88. The van der Waals surface area contributed by atoms with E-state index in [1.165, 1.54) is 0 Å². The summed E-state index contributed by atoms with van der Waals surface area (Å²) in [4.78, 5) is 22.7. The molecule has 7 heteroatoms. The van der Waals surface area contributed by atoms with E-state index in [0.29, 0.717) is 37.2 Å². The molecule has 0 unspecified atom stereocenters. The van der Waals surface area contributed by atoms with E-state index in [1.807, 2.05) is 49.1 Å². The van der Waals surface area contributed by atoms with Crippen molar-refractivity contribution >= 4 is 17.5 Å². The van der Waals surface area contributed by atoms with Gasteiger partial charge in [0.05, 0.1) is 12.3 Å². The van der Waals surface area contributed by atoms with Gasteiger partial charge in [-0.05, 0) is 38.8 Å². The molecule has 1 aromatic carbocycles. The van der Waals surface area contributed by atoms with Crippen LogP contribution in [0.2, 0.25) is 0 Å². The number of ether oxygens (including phenoxy) is 1. The van der Waals surface area contributed by atoms with Crippen molar-refractivity contribution in [2.75, 3.05) is 30.3 Å². The first-order valence-corrected chi connectivity index (χ1v) is 8.98. The van der Waals surface area contributed by atoms with Gasteiger partial charge in [-0.2, -0.15) is 0 Å². The number of rotatable bonds is 5. The third-order valence-electron chi connectivity index (χ3n) is 4.37. The quantitative estimate of drug-likeness (QED) is 0.860. The van der Waals surface area contributed by atoms with E-state index in [4.69, 9.17) is 4.74 Å². The van der Waals surface area contributed by atoms with Gasteiger partial charge in [0, 0.05) is 30.9 Å². The molecule has 0 aliphatic carbocycles. The predicted octanol–water partition coefficient (Wildman–Crippen LogP) is 3.29. The van der Waals surface area contributed by atoms with Crippen LogP contribution in [0.5, 0.6) is 5.75 Å². The van der Waals surface area contributed by atoms with Crippen molar-refractivity contribution in [2.45, 2.75) is 32.7 Å². The molecule has 1 aromatic heterocycles. The summed E-state index contributed by atoms with van der Waals surface area (Å²) in [5, 5.41) is 6.39. The van der Waals surface area contributed by atoms with Crippen LogP contribution in [-0.4, -0.2) is 46.6 Å². The number of benzene rings is 1. The first-order valence-electron chi connectivity index (χ1n) is 8.98. The Morgan fingerprint density at radius 3 is 2.77 bits per heavy atom. The number of hydrogen-bond donors (Lipinski definition) is 2. The summed E-state index contributed by atoms with van der Waals surface area (Å²) in [5.41, 5.74) is 1.64. The molecular formula is C19H25N5O2. The second-order valence-electron chi connectivity index (χ2n) is 6.31. The largest absolute Gasteiger partial charge is 0.492 e. The lowest BCUT2D eigenvalue weighted by Gasteiger charge is -2.32. The zero-order chi connectivity index (χ0) is 18.4. The Hall–Kier alpha value is -2.83. The van der Waals surface area contributed by atoms with Gasteiger partial charge >= 0.3 is 6.03 Å². The summed E-state index contributed by atoms with van der Waals surface area (Å²) in [6.45, 7) is 5.83. The average molecular weight is 355 g/mol. The first kappa shape index (κ1) is 18.0. The molecule has 2 aromatic rings. The first-order chi connectivity index (χ1) is 12.7. The molecule has 138 valence electrons. The van der Waals surface area contributed by atoms with E-state index >= 15 is 0 Å². The van der Waals surface area contributed by atoms with Crippen molar-refractivity contribution < 1.29 is 9.53 Å². The van der Waals surface area contributed by atoms with Crippen LogP contribution in [0.3, 0.4) is 0 Å². The van der Waals surface area contributed by atoms with Crippen LogP contribution in [-0.2, 0) is 0 Å². The fourth-order valence-electron chi connectivity index (χ4n) is 3.02. The molecular weight excluding hydrogens is 330 g/mol. The minimum atomic E-state index is -0.0894. The highest BCUT2D eigenvalue weighted by Gasteiger charge is 2.23. The molecule has 2 amide bonds. The van der Waals surface area contributed by atoms with Crippen LogP contribution >= 0.6 is 0 Å². The fraction of sp³-hybridized carbons (Fsp3) is 0.421. The van der Waals surface area contributed by atoms with Gasteiger partial charge in [-0.1, -0.05) is 12.1 Å². The molecule has 26 heavy (non-hydrogen) atoms. The normalized spacial score (nSPS) is 14.8. The van der Waals surface area contributed by atoms with E-state index in [-0.39, 0.29) is 6.03 Å². The Bertz CT molecular complexity index is 744. The molecule has 0 spiro atoms. The number of carbonyl (C=O) groups excluding carboxylic acids is 1. The molecule has 0 atom stereocenters. The van der Waals surface area contributed by atoms with E-state index in [0.717, 1.165) is 24.4 Å². The monoisotopic (exact) mass is 355 g/mol. The molecule has 1 saturated heterocycles. The summed E-state index contributed by atoms with van der Waals surface area (Å²) in [6, 6.07) is 9.65. The predicted molar refractivity (Wildman–Crippen MR) is 102 cm³/mol. The van der Waals surface area contributed by atoms with Crippen LogP contribution in [0.4, 0.5) is 16.3 Å². The van der Waals surface area contributed by atoms with E-state index in [2.05, 4.69) is 20.6 Å². The number of piperidine rings is 1. The van der Waals surface area contributed by atoms with Gasteiger partial charge in [-0.25, -0.2) is 14.8 Å². The highest BCUT2D eigenvalue weighted by atomic mass is 16.5. The maximum absolute atomic E-state index is 12.6. The molecule has 0 radical (unpaired) electrons. The van der Waals surface area contributed by atoms with Crippen LogP contribution in [0, 0.1) is 6.92 Å². The Morgan fingerprint density at radius 2 is 2.04 bits per heavy atom. The molecule has 0 bridgehead atoms. The average Bonchev–Trinajstić information content (AvgIpc) is 2.64. The number of para-hydroxylation sites is 2. The van der Waals surface area contributed by atoms with Crippen LogP contribution in [0.25, 0.3) is 0 Å². The smallest absolute Gasteiger partial charge is 0.321 e. The highest BCUT2D eigenvalue weighted by Crippen LogP contribution is 2.24. The Morgan fingerprint density at radius 1 is 1.27 bits per heavy atom. The van der Waals surface area contributed by atoms with Gasteiger partial charge in [-0.3, -0.25) is 0 Å². The Balaban J connectivity index is 1.52. The number of nitrogens with zero attached hydrogens (tertiary/aromatic N) is 3. The summed E-state index contributed by atoms with van der Waals surface area (Å²) in [5.74, 6) is 1.53. The second kappa shape index (κ2) is 8.51. The number of aryl methyl sites for hydroxylation is 1. The van der Waals surface area contributed by atoms with Crippen LogP contribution in [0.15, 0.2) is 36.7 Å². The topological polar surface area (TPSA) is 79.4 Å². The second-order valence-corrected chi connectivity index (χ2v) is 6.31. The molecule has 1 aliphatic heterocycles. The zero-order valence-electron chi connectivity index (χ0n) is 15.2. The number of amides is 2. The number of carbonyl (C=O) groups is 1. The lowest BCUT2D eigenvalue weighted by molar-refractivity contribution is 0.197. The third kappa shape index (κ3) is 4.62. The summed E-state index contributed by atoms with van der Waals surface area (Å²) in [7, 11) is 0. The van der Waals surface area contributed by atoms with Crippen molar-refractivity contribution in [3.05, 3.63) is 42.4 Å². The van der Waals surface area contributed by atoms with Crippen molar-refractivity contribution in [2.24, 2.45) is 0 Å². The molecule has 2 N–H and O–H groups in total. The summed E-state index contributed by atoms with van der Waals surface area (Å²) >= 11 is 0. The molecule has 1 aliphatic rings. The van der Waals surface area contributed by atoms with Gasteiger partial charge in [0.15, 0.2) is 0 Å². The van der Waals surface area contributed by atoms with E-state index in [9.17, 15) is 4.79 Å². The van der Waals surface area contributed by atoms with Gasteiger partial charge in [0.1, 0.15) is 17.9 Å². The van der Waals surface area contributed by atoms with Gasteiger partial charge in [0.25, 0.3) is 0 Å². The lowest BCUT2D eigenvalue weighted by Crippen LogP contribution is -2.44. The number of likely N-dealkylation sites (tertiary alicyclic amines) is 1. The number of urea groups is 1. The SMILES string of the molecule is CCOc1ccccc1NC(=O)N1CCC(Nc2cc(C)ncn2)CC1. The molecule has 2 heterocycles. The summed E-state index contributed by atoms with van der Waals surface area (Å²) < 4.78 is 5.56. The number of hydrogen-bond acceptors (Lipinski definition) is 5. The van der Waals surface area contributed by atoms with Crippen molar-refractivity contribution in [3.8, 4) is 5.75 Å². The minimum absolute atomic E-state index is 0.0894. The fourth-order valence-corrected chi connectivity index (χ4v) is 3.02. The van der Waals surface area contributed by atoms with Crippen molar-refractivity contribution in [1.29, 1.82) is 0 Å². The number of aromatic nitrogens is 2. The number of nitrogens with one attached hydrogen (secondary N) is 2. The maximum Gasteiger partial charge on any atom is 0.321 e. The zero-order valence-corrected chi connectivity index (χ0v) is 15.2. The van der Waals surface area contributed by atoms with Crippen molar-refractivity contribution in [1.82, 2.24) is 14.9 Å². The Labute approximate surface area is 153 Å². The van der Waals surface area contributed by atoms with Gasteiger partial charge in [0.2, 0.25) is 0 Å². The van der Waals surface area contributed by atoms with E-state index < -0.39 is 0 Å². The highest BCUT2D eigenvalue weighted by molar-refractivity contribution is 5.91. The third-order valence-corrected chi connectivity index (χ3v) is 4.37. The van der Waals surface area contributed by atoms with Crippen LogP contribution in [0.1, 0.15) is 25.5 Å².